The van der Waals surface area contributed by atoms with Crippen LogP contribution in [0.4, 0.5) is 0 Å². The van der Waals surface area contributed by atoms with Gasteiger partial charge in [-0.25, -0.2) is 9.36 Å². The molecule has 1 N–H and O–H groups in total. The summed E-state index contributed by atoms with van der Waals surface area (Å²) < 4.78 is 6.03. The van der Waals surface area contributed by atoms with Crippen molar-refractivity contribution in [3.63, 3.8) is 0 Å². The normalized spacial score (nSPS) is 16.3. The summed E-state index contributed by atoms with van der Waals surface area (Å²) in [6.45, 7) is 2.92. The molecule has 0 spiro atoms. The van der Waals surface area contributed by atoms with Crippen molar-refractivity contribution in [2.24, 2.45) is 5.41 Å². The van der Waals surface area contributed by atoms with Gasteiger partial charge in [-0.3, -0.25) is 14.3 Å². The van der Waals surface area contributed by atoms with Crippen LogP contribution in [0.2, 0.25) is 0 Å². The highest BCUT2D eigenvalue weighted by Gasteiger charge is 2.50. The molecule has 2 aliphatic rings. The van der Waals surface area contributed by atoms with E-state index >= 15 is 0 Å². The van der Waals surface area contributed by atoms with E-state index in [2.05, 4.69) is 126 Å². The lowest BCUT2D eigenvalue weighted by Crippen LogP contribution is -2.47. The molecule has 1 unspecified atom stereocenters. The average Bonchev–Trinajstić information content (AvgIpc) is 3.90. The SMILES string of the molecule is CCCCc1c(Cc2ccc(-c3ccccc3-c3nnnn3C(c3ccccc3)(c3ccccc3)c3ccccc3)cc2)c(=O)n2n1CCCC2C1(C(=O)O)CCCCC1. The van der Waals surface area contributed by atoms with Crippen molar-refractivity contribution in [1.82, 2.24) is 29.6 Å². The second-order valence-corrected chi connectivity index (χ2v) is 16.6. The quantitative estimate of drug-likeness (QED) is 0.116. The van der Waals surface area contributed by atoms with Gasteiger partial charge in [0.2, 0.25) is 0 Å². The summed E-state index contributed by atoms with van der Waals surface area (Å²) >= 11 is 0. The Kier molecular flexibility index (Phi) is 10.9. The Hall–Kier alpha value is -6.35. The van der Waals surface area contributed by atoms with Crippen molar-refractivity contribution in [3.8, 4) is 22.5 Å². The molecule has 1 fully saturated rings. The smallest absolute Gasteiger partial charge is 0.311 e. The zero-order chi connectivity index (χ0) is 41.1. The van der Waals surface area contributed by atoms with Gasteiger partial charge in [0, 0.05) is 29.8 Å². The van der Waals surface area contributed by atoms with Gasteiger partial charge in [0.15, 0.2) is 5.82 Å². The van der Waals surface area contributed by atoms with Crippen LogP contribution in [0.25, 0.3) is 22.5 Å². The Bertz CT molecular complexity index is 2530. The number of carboxylic acids is 1. The predicted molar refractivity (Wildman–Crippen MR) is 235 cm³/mol. The fraction of sp³-hybridized carbons (Fsp3) is 0.314. The number of unbranched alkanes of at least 4 members (excludes halogenated alkanes) is 1. The van der Waals surface area contributed by atoms with Crippen molar-refractivity contribution in [3.05, 3.63) is 183 Å². The predicted octanol–water partition coefficient (Wildman–Crippen LogP) is 10.1. The zero-order valence-electron chi connectivity index (χ0n) is 34.3. The van der Waals surface area contributed by atoms with Gasteiger partial charge in [-0.15, -0.1) is 5.10 Å². The van der Waals surface area contributed by atoms with E-state index in [1.165, 1.54) is 0 Å². The fourth-order valence-corrected chi connectivity index (χ4v) is 10.4. The molecule has 1 aliphatic carbocycles. The number of hydrogen-bond acceptors (Lipinski definition) is 5. The molecule has 9 heteroatoms. The van der Waals surface area contributed by atoms with Gasteiger partial charge in [0.05, 0.1) is 11.5 Å². The molecule has 9 rings (SSSR count). The third-order valence-corrected chi connectivity index (χ3v) is 13.3. The molecule has 2 aromatic heterocycles. The molecular formula is C51H52N6O3. The highest BCUT2D eigenvalue weighted by atomic mass is 16.4. The van der Waals surface area contributed by atoms with E-state index in [0.717, 1.165) is 108 Å². The minimum absolute atomic E-state index is 0.0167. The maximum absolute atomic E-state index is 14.6. The van der Waals surface area contributed by atoms with Crippen LogP contribution in [0.5, 0.6) is 0 Å². The minimum atomic E-state index is -0.893. The van der Waals surface area contributed by atoms with Gasteiger partial charge >= 0.3 is 5.97 Å². The fourth-order valence-electron chi connectivity index (χ4n) is 10.4. The van der Waals surface area contributed by atoms with Crippen LogP contribution in [-0.2, 0) is 29.7 Å². The molecule has 1 saturated carbocycles. The van der Waals surface area contributed by atoms with Crippen LogP contribution in [0, 0.1) is 5.41 Å². The maximum atomic E-state index is 14.6. The lowest BCUT2D eigenvalue weighted by Gasteiger charge is -2.43. The Morgan fingerprint density at radius 2 is 1.33 bits per heavy atom. The summed E-state index contributed by atoms with van der Waals surface area (Å²) in [5, 5.41) is 24.6. The van der Waals surface area contributed by atoms with Gasteiger partial charge in [0.25, 0.3) is 5.56 Å². The molecule has 7 aromatic rings. The first kappa shape index (κ1) is 39.1. The van der Waals surface area contributed by atoms with Crippen molar-refractivity contribution in [1.29, 1.82) is 0 Å². The third-order valence-electron chi connectivity index (χ3n) is 13.3. The standard InChI is InChI=1S/C51H52N6O3/c1-2-3-27-45-44(48(58)56-46(28-18-35-55(45)56)50(49(59)60)33-16-7-17-34-50)36-37-29-31-38(32-30-37)42-25-14-15-26-43(42)47-52-53-54-57(47)51(39-19-8-4-9-20-39,40-21-10-5-11-22-40)41-23-12-6-13-24-41/h4-6,8-15,19-26,29-32,46H,2-3,7,16-18,27-28,33-36H2,1H3,(H,59,60). The summed E-state index contributed by atoms with van der Waals surface area (Å²) in [4.78, 5) is 27.7. The maximum Gasteiger partial charge on any atom is 0.311 e. The monoisotopic (exact) mass is 796 g/mol. The molecule has 3 heterocycles. The van der Waals surface area contributed by atoms with Crippen LogP contribution in [0.15, 0.2) is 144 Å². The van der Waals surface area contributed by atoms with Crippen molar-refractivity contribution < 1.29 is 9.90 Å². The Morgan fingerprint density at radius 1 is 0.750 bits per heavy atom. The van der Waals surface area contributed by atoms with Gasteiger partial charge in [-0.2, -0.15) is 0 Å². The molecule has 0 bridgehead atoms. The highest BCUT2D eigenvalue weighted by molar-refractivity contribution is 5.81. The van der Waals surface area contributed by atoms with Crippen LogP contribution in [-0.4, -0.2) is 40.6 Å². The topological polar surface area (TPSA) is 108 Å². The molecule has 0 saturated heterocycles. The molecule has 60 heavy (non-hydrogen) atoms. The summed E-state index contributed by atoms with van der Waals surface area (Å²) in [5.41, 5.74) is 7.09. The number of nitrogens with zero attached hydrogens (tertiary/aromatic N) is 6. The summed E-state index contributed by atoms with van der Waals surface area (Å²) in [6.07, 6.45) is 8.99. The molecule has 9 nitrogen and oxygen atoms in total. The summed E-state index contributed by atoms with van der Waals surface area (Å²) in [7, 11) is 0. The van der Waals surface area contributed by atoms with E-state index < -0.39 is 16.9 Å². The molecule has 5 aromatic carbocycles. The molecule has 304 valence electrons. The third kappa shape index (κ3) is 6.70. The highest BCUT2D eigenvalue weighted by Crippen LogP contribution is 2.49. The number of tetrazole rings is 1. The van der Waals surface area contributed by atoms with Crippen LogP contribution in [0.3, 0.4) is 0 Å². The molecule has 1 aliphatic heterocycles. The van der Waals surface area contributed by atoms with E-state index in [4.69, 9.17) is 10.3 Å². The molecular weight excluding hydrogens is 745 g/mol. The first-order chi connectivity index (χ1) is 29.5. The second-order valence-electron chi connectivity index (χ2n) is 16.6. The van der Waals surface area contributed by atoms with Gasteiger partial charge in [-0.05, 0) is 82.3 Å². The molecule has 0 radical (unpaired) electrons. The molecule has 0 amide bonds. The second kappa shape index (κ2) is 16.7. The number of fused-ring (bicyclic) bond motifs is 1. The van der Waals surface area contributed by atoms with E-state index in [1.54, 1.807) is 0 Å². The van der Waals surface area contributed by atoms with Gasteiger partial charge in [-0.1, -0.05) is 172 Å². The van der Waals surface area contributed by atoms with Gasteiger partial charge < -0.3 is 5.11 Å². The summed E-state index contributed by atoms with van der Waals surface area (Å²) in [6, 6.07) is 47.7. The minimum Gasteiger partial charge on any atom is -0.481 e. The number of carbonyl (C=O) groups is 1. The lowest BCUT2D eigenvalue weighted by molar-refractivity contribution is -0.156. The zero-order valence-corrected chi connectivity index (χ0v) is 34.3. The van der Waals surface area contributed by atoms with E-state index in [-0.39, 0.29) is 11.6 Å². The number of benzene rings is 5. The first-order valence-corrected chi connectivity index (χ1v) is 21.7. The van der Waals surface area contributed by atoms with Crippen LogP contribution >= 0.6 is 0 Å². The number of aliphatic carboxylic acids is 1. The first-order valence-electron chi connectivity index (χ1n) is 21.7. The lowest BCUT2D eigenvalue weighted by atomic mass is 9.67. The largest absolute Gasteiger partial charge is 0.481 e. The van der Waals surface area contributed by atoms with E-state index in [0.29, 0.717) is 25.1 Å². The Balaban J connectivity index is 1.11. The molecule has 1 atom stereocenters. The Morgan fingerprint density at radius 3 is 1.92 bits per heavy atom. The number of aromatic nitrogens is 6. The van der Waals surface area contributed by atoms with E-state index in [9.17, 15) is 14.7 Å². The number of hydrogen-bond donors (Lipinski definition) is 1. The van der Waals surface area contributed by atoms with Crippen molar-refractivity contribution in [2.45, 2.75) is 95.7 Å². The van der Waals surface area contributed by atoms with Crippen molar-refractivity contribution in [2.75, 3.05) is 0 Å². The van der Waals surface area contributed by atoms with Crippen molar-refractivity contribution >= 4 is 5.97 Å². The van der Waals surface area contributed by atoms with Gasteiger partial charge in [0.1, 0.15) is 5.54 Å². The summed E-state index contributed by atoms with van der Waals surface area (Å²) in [5.74, 6) is -0.118. The number of carboxylic acid groups (broad SMARTS) is 1. The van der Waals surface area contributed by atoms with E-state index in [1.807, 2.05) is 39.7 Å². The van der Waals surface area contributed by atoms with Crippen LogP contribution in [0.1, 0.15) is 104 Å². The number of rotatable bonds is 13. The average molecular weight is 797 g/mol. The van der Waals surface area contributed by atoms with Crippen LogP contribution < -0.4 is 5.56 Å². The Labute approximate surface area is 351 Å².